The molecule has 1 aromatic heterocycles. The lowest BCUT2D eigenvalue weighted by atomic mass is 10.1. The Morgan fingerprint density at radius 2 is 1.71 bits per heavy atom. The molecule has 0 saturated carbocycles. The van der Waals surface area contributed by atoms with Gasteiger partial charge >= 0.3 is 6.36 Å². The highest BCUT2D eigenvalue weighted by Gasteiger charge is 2.40. The number of halogens is 3. The van der Waals surface area contributed by atoms with Crippen LogP contribution < -0.4 is 15.0 Å². The number of ether oxygens (including phenoxy) is 1. The minimum Gasteiger partial charge on any atom is -0.406 e. The Hall–Kier alpha value is -3.59. The lowest BCUT2D eigenvalue weighted by molar-refractivity contribution is -0.274. The van der Waals surface area contributed by atoms with Gasteiger partial charge in [-0.15, -0.1) is 24.5 Å². The van der Waals surface area contributed by atoms with E-state index in [0.29, 0.717) is 10.6 Å². The summed E-state index contributed by atoms with van der Waals surface area (Å²) in [5.74, 6) is -1.55. The third-order valence-corrected chi connectivity index (χ3v) is 5.37. The summed E-state index contributed by atoms with van der Waals surface area (Å²) >= 11 is 1.28. The first-order valence-electron chi connectivity index (χ1n) is 9.09. The van der Waals surface area contributed by atoms with E-state index in [1.165, 1.54) is 23.5 Å². The molecule has 0 saturated heterocycles. The van der Waals surface area contributed by atoms with E-state index in [-0.39, 0.29) is 17.0 Å². The fourth-order valence-corrected chi connectivity index (χ4v) is 3.91. The van der Waals surface area contributed by atoms with Crippen molar-refractivity contribution >= 4 is 40.1 Å². The van der Waals surface area contributed by atoms with Crippen LogP contribution in [0.1, 0.15) is 10.4 Å². The Morgan fingerprint density at radius 3 is 2.35 bits per heavy atom. The highest BCUT2D eigenvalue weighted by Crippen LogP contribution is 2.36. The molecule has 2 aromatic carbocycles. The Morgan fingerprint density at radius 1 is 0.968 bits per heavy atom. The molecule has 0 radical (unpaired) electrons. The van der Waals surface area contributed by atoms with Crippen LogP contribution in [0, 0.1) is 6.92 Å². The number of carbonyl (C=O) groups excluding carboxylic acids is 2. The number of hydrogen-bond donors (Lipinski definition) is 1. The van der Waals surface area contributed by atoms with Crippen LogP contribution in [0.5, 0.6) is 5.75 Å². The van der Waals surface area contributed by atoms with Crippen molar-refractivity contribution in [2.75, 3.05) is 10.2 Å². The minimum atomic E-state index is -4.85. The second-order valence-corrected chi connectivity index (χ2v) is 7.66. The fraction of sp³-hybridized carbons (Fsp3) is 0.0909. The summed E-state index contributed by atoms with van der Waals surface area (Å²) in [7, 11) is 0. The molecule has 0 unspecified atom stereocenters. The average Bonchev–Trinajstić information content (AvgIpc) is 3.29. The Labute approximate surface area is 179 Å². The van der Waals surface area contributed by atoms with Gasteiger partial charge in [0.1, 0.15) is 11.4 Å². The molecule has 31 heavy (non-hydrogen) atoms. The van der Waals surface area contributed by atoms with Crippen LogP contribution in [0.4, 0.5) is 24.5 Å². The van der Waals surface area contributed by atoms with Crippen molar-refractivity contribution in [3.63, 3.8) is 0 Å². The van der Waals surface area contributed by atoms with Crippen molar-refractivity contribution in [2.24, 2.45) is 0 Å². The molecule has 9 heteroatoms. The summed E-state index contributed by atoms with van der Waals surface area (Å²) in [5, 5.41) is 4.59. The van der Waals surface area contributed by atoms with Gasteiger partial charge in [0, 0.05) is 16.6 Å². The second kappa shape index (κ2) is 7.92. The smallest absolute Gasteiger partial charge is 0.406 e. The summed E-state index contributed by atoms with van der Waals surface area (Å²) in [4.78, 5) is 28.0. The van der Waals surface area contributed by atoms with Crippen LogP contribution in [0.25, 0.3) is 5.57 Å². The molecule has 1 N–H and O–H groups in total. The number of anilines is 2. The molecule has 0 atom stereocenters. The Kier molecular flexibility index (Phi) is 5.28. The number of nitrogens with zero attached hydrogens (tertiary/aromatic N) is 1. The molecule has 1 aliphatic heterocycles. The molecule has 0 fully saturated rings. The summed E-state index contributed by atoms with van der Waals surface area (Å²) < 4.78 is 41.6. The minimum absolute atomic E-state index is 0.0165. The van der Waals surface area contributed by atoms with Gasteiger partial charge in [-0.2, -0.15) is 0 Å². The predicted molar refractivity (Wildman–Crippen MR) is 112 cm³/mol. The quantitative estimate of drug-likeness (QED) is 0.539. The Balaban J connectivity index is 1.73. The standard InChI is InChI=1S/C22H15F3N2O3S/c1-13-7-9-15(10-8-13)27-20(28)18(17-6-3-11-31-17)19(21(27)29)26-14-4-2-5-16(12-14)30-22(23,24)25/h2-12,26H,1H3. The molecule has 3 aromatic rings. The van der Waals surface area contributed by atoms with Crippen molar-refractivity contribution in [3.05, 3.63) is 82.2 Å². The second-order valence-electron chi connectivity index (χ2n) is 6.71. The van der Waals surface area contributed by atoms with Crippen molar-refractivity contribution in [1.82, 2.24) is 0 Å². The first-order chi connectivity index (χ1) is 14.7. The number of hydrogen-bond acceptors (Lipinski definition) is 5. The van der Waals surface area contributed by atoms with Gasteiger partial charge in [0.25, 0.3) is 11.8 Å². The van der Waals surface area contributed by atoms with Gasteiger partial charge in [0.2, 0.25) is 0 Å². The normalized spacial score (nSPS) is 14.4. The summed E-state index contributed by atoms with van der Waals surface area (Å²) in [5.41, 5.74) is 1.69. The first-order valence-corrected chi connectivity index (χ1v) is 9.97. The van der Waals surface area contributed by atoms with E-state index in [2.05, 4.69) is 10.1 Å². The molecule has 4 rings (SSSR count). The predicted octanol–water partition coefficient (Wildman–Crippen LogP) is 5.35. The number of benzene rings is 2. The fourth-order valence-electron chi connectivity index (χ4n) is 3.14. The van der Waals surface area contributed by atoms with E-state index >= 15 is 0 Å². The van der Waals surface area contributed by atoms with Gasteiger partial charge in [-0.3, -0.25) is 9.59 Å². The van der Waals surface area contributed by atoms with Crippen LogP contribution in [-0.4, -0.2) is 18.2 Å². The van der Waals surface area contributed by atoms with Crippen LogP contribution in [0.3, 0.4) is 0 Å². The lowest BCUT2D eigenvalue weighted by Crippen LogP contribution is -2.32. The average molecular weight is 444 g/mol. The van der Waals surface area contributed by atoms with Crippen LogP contribution in [-0.2, 0) is 9.59 Å². The van der Waals surface area contributed by atoms with Crippen LogP contribution in [0.2, 0.25) is 0 Å². The number of imide groups is 1. The maximum absolute atomic E-state index is 13.2. The van der Waals surface area contributed by atoms with Gasteiger partial charge in [0.15, 0.2) is 0 Å². The maximum Gasteiger partial charge on any atom is 0.573 e. The highest BCUT2D eigenvalue weighted by molar-refractivity contribution is 7.11. The molecular weight excluding hydrogens is 429 g/mol. The summed E-state index contributed by atoms with van der Waals surface area (Å²) in [6.45, 7) is 1.88. The molecule has 0 aliphatic carbocycles. The van der Waals surface area contributed by atoms with E-state index in [4.69, 9.17) is 0 Å². The number of nitrogens with one attached hydrogen (secondary N) is 1. The molecule has 0 bridgehead atoms. The topological polar surface area (TPSA) is 58.6 Å². The SMILES string of the molecule is Cc1ccc(N2C(=O)C(Nc3cccc(OC(F)(F)F)c3)=C(c3cccs3)C2=O)cc1. The lowest BCUT2D eigenvalue weighted by Gasteiger charge is -2.16. The number of thiophene rings is 1. The van der Waals surface area contributed by atoms with Gasteiger partial charge in [-0.1, -0.05) is 29.8 Å². The van der Waals surface area contributed by atoms with E-state index in [9.17, 15) is 22.8 Å². The molecule has 2 amide bonds. The van der Waals surface area contributed by atoms with Gasteiger partial charge in [0.05, 0.1) is 11.3 Å². The number of rotatable bonds is 5. The van der Waals surface area contributed by atoms with Crippen LogP contribution in [0.15, 0.2) is 71.7 Å². The number of carbonyl (C=O) groups is 2. The van der Waals surface area contributed by atoms with Crippen LogP contribution >= 0.6 is 11.3 Å². The van der Waals surface area contributed by atoms with Gasteiger partial charge in [-0.25, -0.2) is 4.90 Å². The number of amides is 2. The van der Waals surface area contributed by atoms with E-state index in [1.54, 1.807) is 41.8 Å². The number of alkyl halides is 3. The number of aryl methyl sites for hydroxylation is 1. The van der Waals surface area contributed by atoms with E-state index < -0.39 is 23.9 Å². The zero-order chi connectivity index (χ0) is 22.2. The third-order valence-electron chi connectivity index (χ3n) is 4.48. The van der Waals surface area contributed by atoms with E-state index in [0.717, 1.165) is 22.6 Å². The van der Waals surface area contributed by atoms with Crippen molar-refractivity contribution < 1.29 is 27.5 Å². The van der Waals surface area contributed by atoms with E-state index in [1.807, 2.05) is 6.92 Å². The molecule has 0 spiro atoms. The maximum atomic E-state index is 13.2. The van der Waals surface area contributed by atoms with Crippen molar-refractivity contribution in [3.8, 4) is 5.75 Å². The third kappa shape index (κ3) is 4.31. The highest BCUT2D eigenvalue weighted by atomic mass is 32.1. The molecule has 1 aliphatic rings. The molecular formula is C22H15F3N2O3S. The van der Waals surface area contributed by atoms with Gasteiger partial charge in [-0.05, 0) is 42.6 Å². The molecule has 158 valence electrons. The Bertz CT molecular complexity index is 1170. The largest absolute Gasteiger partial charge is 0.573 e. The summed E-state index contributed by atoms with van der Waals surface area (Å²) in [6.07, 6.45) is -4.85. The zero-order valence-corrected chi connectivity index (χ0v) is 16.9. The van der Waals surface area contributed by atoms with Crippen molar-refractivity contribution in [1.29, 1.82) is 0 Å². The molecule has 5 nitrogen and oxygen atoms in total. The monoisotopic (exact) mass is 444 g/mol. The zero-order valence-electron chi connectivity index (χ0n) is 16.1. The summed E-state index contributed by atoms with van der Waals surface area (Å²) in [6, 6.07) is 15.4. The van der Waals surface area contributed by atoms with Gasteiger partial charge < -0.3 is 10.1 Å². The first kappa shape index (κ1) is 20.7. The molecule has 2 heterocycles. The van der Waals surface area contributed by atoms with Crippen molar-refractivity contribution in [2.45, 2.75) is 13.3 Å².